The molecule has 0 radical (unpaired) electrons. The van der Waals surface area contributed by atoms with Crippen molar-refractivity contribution in [2.45, 2.75) is 27.2 Å². The maximum absolute atomic E-state index is 9.15. The van der Waals surface area contributed by atoms with E-state index in [4.69, 9.17) is 9.64 Å². The average Bonchev–Trinajstić information content (AvgIpc) is 2.20. The van der Waals surface area contributed by atoms with Gasteiger partial charge in [-0.05, 0) is 38.0 Å². The first-order chi connectivity index (χ1) is 7.24. The third kappa shape index (κ3) is 7.67. The van der Waals surface area contributed by atoms with Gasteiger partial charge in [0.05, 0.1) is 13.2 Å². The van der Waals surface area contributed by atoms with Crippen molar-refractivity contribution in [2.24, 2.45) is 5.18 Å². The van der Waals surface area contributed by atoms with Crippen molar-refractivity contribution in [1.82, 2.24) is 0 Å². The summed E-state index contributed by atoms with van der Waals surface area (Å²) in [5.74, 6) is 0.961. The molecule has 1 aromatic rings. The van der Waals surface area contributed by atoms with Gasteiger partial charge in [-0.15, -0.1) is 0 Å². The van der Waals surface area contributed by atoms with Crippen LogP contribution in [0.5, 0.6) is 5.75 Å². The highest BCUT2D eigenvalue weighted by Crippen LogP contribution is 2.11. The van der Waals surface area contributed by atoms with E-state index in [1.165, 1.54) is 5.56 Å². The van der Waals surface area contributed by atoms with E-state index in [1.54, 1.807) is 0 Å². The Morgan fingerprint density at radius 3 is 2.47 bits per heavy atom. The maximum Gasteiger partial charge on any atom is 0.119 e. The Balaban J connectivity index is 0.000000336. The molecule has 0 N–H and O–H groups in total. The molecule has 1 rings (SSSR count). The fourth-order valence-corrected chi connectivity index (χ4v) is 0.963. The number of nitroso groups, excluding NO2 is 1. The second-order valence-electron chi connectivity index (χ2n) is 3.10. The third-order valence-corrected chi connectivity index (χ3v) is 1.62. The Kier molecular flexibility index (Phi) is 8.34. The lowest BCUT2D eigenvalue weighted by Gasteiger charge is -2.01. The molecule has 0 aliphatic rings. The number of nitrogens with zero attached hydrogens (tertiary/aromatic N) is 1. The maximum atomic E-state index is 9.15. The van der Waals surface area contributed by atoms with Crippen LogP contribution in [0.3, 0.4) is 0 Å². The molecule has 0 atom stereocenters. The molecular weight excluding hydrogens is 190 g/mol. The summed E-state index contributed by atoms with van der Waals surface area (Å²) >= 11 is 0. The summed E-state index contributed by atoms with van der Waals surface area (Å²) in [6.45, 7) is 7.16. The lowest BCUT2D eigenvalue weighted by atomic mass is 10.2. The third-order valence-electron chi connectivity index (χ3n) is 1.62. The van der Waals surface area contributed by atoms with Crippen LogP contribution < -0.4 is 4.74 Å². The topological polar surface area (TPSA) is 38.7 Å². The van der Waals surface area contributed by atoms with Gasteiger partial charge in [-0.25, -0.2) is 0 Å². The molecule has 0 saturated heterocycles. The zero-order chi connectivity index (χ0) is 11.5. The zero-order valence-electron chi connectivity index (χ0n) is 9.69. The summed E-state index contributed by atoms with van der Waals surface area (Å²) < 4.78 is 5.29. The molecule has 0 aliphatic carbocycles. The normalized spacial score (nSPS) is 8.73. The Bertz CT molecular complexity index is 274. The van der Waals surface area contributed by atoms with E-state index < -0.39 is 0 Å². The summed E-state index contributed by atoms with van der Waals surface area (Å²) in [6, 6.07) is 8.06. The van der Waals surface area contributed by atoms with Crippen molar-refractivity contribution < 1.29 is 4.74 Å². The van der Waals surface area contributed by atoms with Gasteiger partial charge >= 0.3 is 0 Å². The SMILES string of the molecule is CCCN=O.CCOc1cccc(C)c1. The number of hydrogen-bond acceptors (Lipinski definition) is 3. The number of hydrogen-bond donors (Lipinski definition) is 0. The molecule has 0 spiro atoms. The van der Waals surface area contributed by atoms with Crippen LogP contribution in [-0.2, 0) is 0 Å². The molecule has 0 amide bonds. The minimum absolute atomic E-state index is 0.458. The van der Waals surface area contributed by atoms with E-state index in [9.17, 15) is 0 Å². The van der Waals surface area contributed by atoms with Gasteiger partial charge in [0.2, 0.25) is 0 Å². The molecule has 15 heavy (non-hydrogen) atoms. The van der Waals surface area contributed by atoms with Gasteiger partial charge in [-0.2, -0.15) is 4.91 Å². The quantitative estimate of drug-likeness (QED) is 0.711. The van der Waals surface area contributed by atoms with E-state index in [0.29, 0.717) is 6.54 Å². The monoisotopic (exact) mass is 209 g/mol. The van der Waals surface area contributed by atoms with Crippen LogP contribution in [0.2, 0.25) is 0 Å². The molecule has 0 fully saturated rings. The molecule has 3 heteroatoms. The van der Waals surface area contributed by atoms with E-state index in [1.807, 2.05) is 32.0 Å². The highest BCUT2D eigenvalue weighted by atomic mass is 16.5. The Hall–Kier alpha value is -1.38. The highest BCUT2D eigenvalue weighted by Gasteiger charge is 1.89. The second kappa shape index (κ2) is 9.19. The van der Waals surface area contributed by atoms with Gasteiger partial charge in [0.25, 0.3) is 0 Å². The van der Waals surface area contributed by atoms with Crippen molar-refractivity contribution in [3.8, 4) is 5.75 Å². The van der Waals surface area contributed by atoms with Gasteiger partial charge in [0, 0.05) is 0 Å². The summed E-state index contributed by atoms with van der Waals surface area (Å²) in [7, 11) is 0. The van der Waals surface area contributed by atoms with Crippen LogP contribution in [0.4, 0.5) is 0 Å². The van der Waals surface area contributed by atoms with Crippen molar-refractivity contribution in [3.63, 3.8) is 0 Å². The zero-order valence-corrected chi connectivity index (χ0v) is 9.69. The lowest BCUT2D eigenvalue weighted by molar-refractivity contribution is 0.340. The Labute approximate surface area is 91.4 Å². The van der Waals surface area contributed by atoms with Crippen molar-refractivity contribution in [1.29, 1.82) is 0 Å². The number of aryl methyl sites for hydroxylation is 1. The van der Waals surface area contributed by atoms with Crippen LogP contribution in [0.15, 0.2) is 29.4 Å². The summed E-state index contributed by atoms with van der Waals surface area (Å²) in [5, 5.41) is 2.60. The predicted molar refractivity (Wildman–Crippen MR) is 63.3 cm³/mol. The molecule has 0 aliphatic heterocycles. The molecule has 0 saturated carbocycles. The van der Waals surface area contributed by atoms with Crippen LogP contribution in [0, 0.1) is 11.8 Å². The molecule has 84 valence electrons. The van der Waals surface area contributed by atoms with Gasteiger partial charge in [-0.1, -0.05) is 24.2 Å². The Morgan fingerprint density at radius 1 is 1.33 bits per heavy atom. The molecule has 1 aromatic carbocycles. The number of ether oxygens (including phenoxy) is 1. The van der Waals surface area contributed by atoms with Crippen LogP contribution in [0.1, 0.15) is 25.8 Å². The van der Waals surface area contributed by atoms with Gasteiger partial charge in [-0.3, -0.25) is 0 Å². The van der Waals surface area contributed by atoms with Crippen molar-refractivity contribution >= 4 is 0 Å². The first-order valence-electron chi connectivity index (χ1n) is 5.23. The van der Waals surface area contributed by atoms with E-state index in [0.717, 1.165) is 18.8 Å². The fraction of sp³-hybridized carbons (Fsp3) is 0.500. The molecular formula is C12H19NO2. The number of rotatable bonds is 4. The van der Waals surface area contributed by atoms with Crippen molar-refractivity contribution in [2.75, 3.05) is 13.2 Å². The van der Waals surface area contributed by atoms with E-state index in [2.05, 4.69) is 18.2 Å². The predicted octanol–water partition coefficient (Wildman–Crippen LogP) is 3.56. The first kappa shape index (κ1) is 13.6. The van der Waals surface area contributed by atoms with Gasteiger partial charge in [0.1, 0.15) is 5.75 Å². The van der Waals surface area contributed by atoms with E-state index >= 15 is 0 Å². The first-order valence-corrected chi connectivity index (χ1v) is 5.23. The molecule has 3 nitrogen and oxygen atoms in total. The lowest BCUT2D eigenvalue weighted by Crippen LogP contribution is -1.90. The van der Waals surface area contributed by atoms with E-state index in [-0.39, 0.29) is 0 Å². The molecule has 0 unspecified atom stereocenters. The fourth-order valence-electron chi connectivity index (χ4n) is 0.963. The van der Waals surface area contributed by atoms with Gasteiger partial charge in [0.15, 0.2) is 0 Å². The highest BCUT2D eigenvalue weighted by molar-refractivity contribution is 5.27. The van der Waals surface area contributed by atoms with Gasteiger partial charge < -0.3 is 4.74 Å². The number of benzene rings is 1. The molecule has 0 aromatic heterocycles. The summed E-state index contributed by atoms with van der Waals surface area (Å²) in [6.07, 6.45) is 0.865. The Morgan fingerprint density at radius 2 is 2.07 bits per heavy atom. The minimum Gasteiger partial charge on any atom is -0.494 e. The standard InChI is InChI=1S/C9H12O.C3H7NO/c1-3-10-9-6-4-5-8(2)7-9;1-2-3-4-5/h4-7H,3H2,1-2H3;2-3H2,1H3. The van der Waals surface area contributed by atoms with Crippen LogP contribution in [0.25, 0.3) is 0 Å². The largest absolute Gasteiger partial charge is 0.494 e. The smallest absolute Gasteiger partial charge is 0.119 e. The molecule has 0 bridgehead atoms. The summed E-state index contributed by atoms with van der Waals surface area (Å²) in [4.78, 5) is 9.15. The second-order valence-corrected chi connectivity index (χ2v) is 3.10. The summed E-state index contributed by atoms with van der Waals surface area (Å²) in [5.41, 5.74) is 1.24. The average molecular weight is 209 g/mol. The molecule has 0 heterocycles. The van der Waals surface area contributed by atoms with Crippen molar-refractivity contribution in [3.05, 3.63) is 34.7 Å². The van der Waals surface area contributed by atoms with Crippen LogP contribution in [-0.4, -0.2) is 13.2 Å². The van der Waals surface area contributed by atoms with Crippen LogP contribution >= 0.6 is 0 Å². The minimum atomic E-state index is 0.458.